The Kier molecular flexibility index (Phi) is 5.24. The van der Waals surface area contributed by atoms with Crippen LogP contribution in [0.1, 0.15) is 30.4 Å². The van der Waals surface area contributed by atoms with Crippen molar-refractivity contribution in [1.29, 1.82) is 10.8 Å². The summed E-state index contributed by atoms with van der Waals surface area (Å²) in [5.74, 6) is -1.49. The fourth-order valence-electron chi connectivity index (χ4n) is 6.69. The molecular formula is C25H26Cl2N6O4. The van der Waals surface area contributed by atoms with Crippen LogP contribution in [-0.4, -0.2) is 74.7 Å². The molecule has 37 heavy (non-hydrogen) atoms. The Morgan fingerprint density at radius 2 is 1.65 bits per heavy atom. The summed E-state index contributed by atoms with van der Waals surface area (Å²) in [5.41, 5.74) is -1.74. The van der Waals surface area contributed by atoms with Crippen LogP contribution in [0, 0.1) is 16.2 Å². The van der Waals surface area contributed by atoms with Crippen molar-refractivity contribution in [2.24, 2.45) is 5.41 Å². The molecule has 0 radical (unpaired) electrons. The van der Waals surface area contributed by atoms with Gasteiger partial charge in [-0.25, -0.2) is 0 Å². The number of nitrogens with one attached hydrogen (secondary N) is 4. The summed E-state index contributed by atoms with van der Waals surface area (Å²) in [6.45, 7) is 1.73. The lowest BCUT2D eigenvalue weighted by molar-refractivity contribution is -0.182. The third-order valence-corrected chi connectivity index (χ3v) is 9.05. The number of ether oxygens (including phenoxy) is 1. The Labute approximate surface area is 223 Å². The number of nitrogens with zero attached hydrogens (tertiary/aromatic N) is 2. The van der Waals surface area contributed by atoms with Gasteiger partial charge in [0.15, 0.2) is 11.6 Å². The van der Waals surface area contributed by atoms with E-state index in [0.717, 1.165) is 5.06 Å². The van der Waals surface area contributed by atoms with E-state index >= 15 is 0 Å². The van der Waals surface area contributed by atoms with Gasteiger partial charge >= 0.3 is 5.97 Å². The minimum Gasteiger partial charge on any atom is -0.456 e. The number of esters is 1. The van der Waals surface area contributed by atoms with Crippen LogP contribution in [0.25, 0.3) is 0 Å². The van der Waals surface area contributed by atoms with Gasteiger partial charge < -0.3 is 25.4 Å². The summed E-state index contributed by atoms with van der Waals surface area (Å²) in [5, 5.41) is 45.9. The number of carbonyl (C=O) groups excluding carboxylic acids is 1. The van der Waals surface area contributed by atoms with Crippen molar-refractivity contribution in [2.45, 2.75) is 42.6 Å². The van der Waals surface area contributed by atoms with Crippen molar-refractivity contribution in [2.75, 3.05) is 13.2 Å². The number of piperidine rings is 1. The molecule has 2 unspecified atom stereocenters. The zero-order valence-corrected chi connectivity index (χ0v) is 21.3. The second kappa shape index (κ2) is 7.97. The van der Waals surface area contributed by atoms with Crippen LogP contribution in [0.5, 0.6) is 0 Å². The van der Waals surface area contributed by atoms with Gasteiger partial charge in [-0.3, -0.25) is 20.8 Å². The molecule has 3 aliphatic heterocycles. The maximum Gasteiger partial charge on any atom is 0.318 e. The molecule has 12 heteroatoms. The van der Waals surface area contributed by atoms with Crippen molar-refractivity contribution >= 4 is 41.1 Å². The second-order valence-electron chi connectivity index (χ2n) is 10.3. The monoisotopic (exact) mass is 544 g/mol. The maximum absolute atomic E-state index is 13.9. The molecule has 3 heterocycles. The van der Waals surface area contributed by atoms with Crippen molar-refractivity contribution < 1.29 is 19.8 Å². The molecule has 6 rings (SSSR count). The predicted molar refractivity (Wildman–Crippen MR) is 136 cm³/mol. The standard InChI is InChI=1S/C25H26Cl2N6O4/c1-23-11-24(23,12-32-21(28)30-17(10-34)19-25(23,32)33(36)22(29)31-19)37-20(35)18(13-2-6-15(26)7-3-13)14-4-8-16(27)9-5-14/h2-9,17-19,34,36H,10-12H2,1H3,(H2,28,30)(H2,29,31)/t17-,19?,23-,24-,25?/m0/s1. The Morgan fingerprint density at radius 3 is 2.19 bits per heavy atom. The van der Waals surface area contributed by atoms with Gasteiger partial charge in [-0.1, -0.05) is 54.4 Å². The van der Waals surface area contributed by atoms with Crippen molar-refractivity contribution in [1.82, 2.24) is 20.6 Å². The normalized spacial score (nSPS) is 33.5. The fourth-order valence-corrected chi connectivity index (χ4v) is 6.95. The Balaban J connectivity index is 1.38. The molecule has 1 spiro atoms. The van der Waals surface area contributed by atoms with Crippen LogP contribution in [0.15, 0.2) is 48.5 Å². The third-order valence-electron chi connectivity index (χ3n) is 8.55. The van der Waals surface area contributed by atoms with E-state index in [1.165, 1.54) is 0 Å². The van der Waals surface area contributed by atoms with E-state index in [1.54, 1.807) is 53.4 Å². The van der Waals surface area contributed by atoms with E-state index in [0.29, 0.717) is 27.6 Å². The van der Waals surface area contributed by atoms with Gasteiger partial charge in [0.05, 0.1) is 30.7 Å². The summed E-state index contributed by atoms with van der Waals surface area (Å²) in [6, 6.07) is 12.7. The van der Waals surface area contributed by atoms with Crippen molar-refractivity contribution in [3.63, 3.8) is 0 Å². The fraction of sp³-hybridized carbons (Fsp3) is 0.400. The highest BCUT2D eigenvalue weighted by atomic mass is 35.5. The molecule has 1 aliphatic carbocycles. The quantitative estimate of drug-likeness (QED) is 0.314. The summed E-state index contributed by atoms with van der Waals surface area (Å²) >= 11 is 12.2. The van der Waals surface area contributed by atoms with Crippen LogP contribution < -0.4 is 10.6 Å². The smallest absolute Gasteiger partial charge is 0.318 e. The van der Waals surface area contributed by atoms with Gasteiger partial charge in [-0.2, -0.15) is 5.06 Å². The summed E-state index contributed by atoms with van der Waals surface area (Å²) in [6.07, 6.45) is 0.421. The first-order valence-electron chi connectivity index (χ1n) is 11.9. The molecule has 194 valence electrons. The maximum atomic E-state index is 13.9. The highest BCUT2D eigenvalue weighted by Gasteiger charge is 2.90. The molecule has 0 bridgehead atoms. The number of carbonyl (C=O) groups is 1. The molecule has 3 saturated heterocycles. The number of hydrogen-bond acceptors (Lipinski definition) is 6. The average Bonchev–Trinajstić information content (AvgIpc) is 3.25. The van der Waals surface area contributed by atoms with E-state index < -0.39 is 40.6 Å². The topological polar surface area (TPSA) is 145 Å². The lowest BCUT2D eigenvalue weighted by Gasteiger charge is -2.52. The largest absolute Gasteiger partial charge is 0.456 e. The molecule has 5 atom stereocenters. The minimum atomic E-state index is -1.28. The number of guanidine groups is 2. The van der Waals surface area contributed by atoms with Crippen LogP contribution in [0.2, 0.25) is 10.0 Å². The number of benzene rings is 2. The molecule has 2 aromatic rings. The van der Waals surface area contributed by atoms with E-state index in [1.807, 2.05) is 6.92 Å². The number of aliphatic hydroxyl groups excluding tert-OH is 1. The summed E-state index contributed by atoms with van der Waals surface area (Å²) in [7, 11) is 0. The van der Waals surface area contributed by atoms with Crippen LogP contribution >= 0.6 is 23.2 Å². The third kappa shape index (κ3) is 3.10. The average molecular weight is 545 g/mol. The Morgan fingerprint density at radius 1 is 1.08 bits per heavy atom. The molecule has 4 fully saturated rings. The first-order valence-corrected chi connectivity index (χ1v) is 12.7. The highest BCUT2D eigenvalue weighted by molar-refractivity contribution is 6.30. The van der Waals surface area contributed by atoms with Crippen LogP contribution in [-0.2, 0) is 9.53 Å². The highest BCUT2D eigenvalue weighted by Crippen LogP contribution is 2.74. The molecule has 0 aromatic heterocycles. The zero-order chi connectivity index (χ0) is 26.3. The number of hydroxylamine groups is 2. The van der Waals surface area contributed by atoms with Gasteiger partial charge in [0.1, 0.15) is 11.5 Å². The molecule has 2 aromatic carbocycles. The van der Waals surface area contributed by atoms with Gasteiger partial charge in [0.2, 0.25) is 5.96 Å². The molecule has 0 amide bonds. The summed E-state index contributed by atoms with van der Waals surface area (Å²) in [4.78, 5) is 15.6. The number of hydrogen-bond donors (Lipinski definition) is 6. The Hall–Kier alpha value is -3.05. The number of rotatable bonds is 5. The van der Waals surface area contributed by atoms with E-state index in [2.05, 4.69) is 10.6 Å². The first kappa shape index (κ1) is 24.3. The van der Waals surface area contributed by atoms with Gasteiger partial charge in [0.25, 0.3) is 0 Å². The zero-order valence-electron chi connectivity index (χ0n) is 19.8. The van der Waals surface area contributed by atoms with Gasteiger partial charge in [-0.15, -0.1) is 0 Å². The second-order valence-corrected chi connectivity index (χ2v) is 11.2. The molecule has 1 saturated carbocycles. The lowest BCUT2D eigenvalue weighted by atomic mass is 9.79. The van der Waals surface area contributed by atoms with Crippen LogP contribution in [0.4, 0.5) is 0 Å². The van der Waals surface area contributed by atoms with Crippen molar-refractivity contribution in [3.8, 4) is 0 Å². The number of aliphatic hydroxyl groups is 1. The van der Waals surface area contributed by atoms with Gasteiger partial charge in [-0.05, 0) is 35.4 Å². The van der Waals surface area contributed by atoms with E-state index in [-0.39, 0.29) is 25.1 Å². The molecule has 6 N–H and O–H groups in total. The van der Waals surface area contributed by atoms with Crippen molar-refractivity contribution in [3.05, 3.63) is 69.7 Å². The van der Waals surface area contributed by atoms with E-state index in [9.17, 15) is 15.1 Å². The SMILES string of the molecule is C[C@]12C[C@]1(OC(=O)C(c1ccc(Cl)cc1)c1ccc(Cl)cc1)CN1C(=N)N[C@@H](CO)C3NC(=N)N(O)C312. The van der Waals surface area contributed by atoms with E-state index in [4.69, 9.17) is 38.8 Å². The summed E-state index contributed by atoms with van der Waals surface area (Å²) < 4.78 is 6.33. The predicted octanol–water partition coefficient (Wildman–Crippen LogP) is 2.33. The Bertz CT molecular complexity index is 1260. The molecular weight excluding hydrogens is 519 g/mol. The minimum absolute atomic E-state index is 0.0124. The molecule has 10 nitrogen and oxygen atoms in total. The number of fused-ring (bicyclic) bond motifs is 1. The lowest BCUT2D eigenvalue weighted by Crippen LogP contribution is -2.77. The van der Waals surface area contributed by atoms with Gasteiger partial charge in [0, 0.05) is 16.5 Å². The molecule has 4 aliphatic rings. The van der Waals surface area contributed by atoms with Crippen LogP contribution in [0.3, 0.4) is 0 Å². The number of halogens is 2. The first-order chi connectivity index (χ1) is 17.6.